The van der Waals surface area contributed by atoms with Gasteiger partial charge in [-0.3, -0.25) is 4.79 Å². The zero-order valence-corrected chi connectivity index (χ0v) is 14.0. The SMILES string of the molecule is CCCCOc1cccc(C(=O)Nc2ccc(C(=O)O)c(Cl)c2)c1. The van der Waals surface area contributed by atoms with Gasteiger partial charge < -0.3 is 15.2 Å². The number of carboxylic acid groups (broad SMARTS) is 1. The van der Waals surface area contributed by atoms with Crippen LogP contribution in [0.15, 0.2) is 42.5 Å². The fraction of sp³-hybridized carbons (Fsp3) is 0.222. The van der Waals surface area contributed by atoms with E-state index in [9.17, 15) is 9.59 Å². The van der Waals surface area contributed by atoms with Crippen molar-refractivity contribution >= 4 is 29.2 Å². The Hall–Kier alpha value is -2.53. The maximum atomic E-state index is 12.3. The van der Waals surface area contributed by atoms with Crippen LogP contribution in [0.1, 0.15) is 40.5 Å². The molecule has 0 aromatic heterocycles. The minimum atomic E-state index is -1.12. The second-order valence-electron chi connectivity index (χ2n) is 5.18. The number of benzene rings is 2. The van der Waals surface area contributed by atoms with Crippen molar-refractivity contribution < 1.29 is 19.4 Å². The van der Waals surface area contributed by atoms with Crippen molar-refractivity contribution in [3.05, 3.63) is 58.6 Å². The molecule has 0 bridgehead atoms. The number of carbonyl (C=O) groups is 2. The number of aromatic carboxylic acids is 1. The van der Waals surface area contributed by atoms with Crippen molar-refractivity contribution in [1.82, 2.24) is 0 Å². The Morgan fingerprint density at radius 3 is 2.67 bits per heavy atom. The third-order valence-corrected chi connectivity index (χ3v) is 3.63. The summed E-state index contributed by atoms with van der Waals surface area (Å²) in [5.41, 5.74) is 0.857. The van der Waals surface area contributed by atoms with Gasteiger partial charge in [-0.1, -0.05) is 31.0 Å². The predicted molar refractivity (Wildman–Crippen MR) is 93.2 cm³/mol. The van der Waals surface area contributed by atoms with Crippen LogP contribution in [0.25, 0.3) is 0 Å². The first-order valence-corrected chi connectivity index (χ1v) is 7.96. The molecule has 2 aromatic rings. The first-order valence-electron chi connectivity index (χ1n) is 7.58. The Morgan fingerprint density at radius 1 is 1.21 bits per heavy atom. The van der Waals surface area contributed by atoms with Crippen LogP contribution in [0, 0.1) is 0 Å². The molecule has 0 saturated heterocycles. The third-order valence-electron chi connectivity index (χ3n) is 3.32. The van der Waals surface area contributed by atoms with Crippen LogP contribution in [-0.2, 0) is 0 Å². The molecule has 0 aliphatic heterocycles. The largest absolute Gasteiger partial charge is 0.494 e. The van der Waals surface area contributed by atoms with E-state index in [0.717, 1.165) is 12.8 Å². The van der Waals surface area contributed by atoms with Gasteiger partial charge in [-0.2, -0.15) is 0 Å². The molecule has 1 amide bonds. The molecule has 126 valence electrons. The lowest BCUT2D eigenvalue weighted by molar-refractivity contribution is 0.0697. The Labute approximate surface area is 145 Å². The number of rotatable bonds is 7. The quantitative estimate of drug-likeness (QED) is 0.724. The maximum Gasteiger partial charge on any atom is 0.337 e. The lowest BCUT2D eigenvalue weighted by Gasteiger charge is -2.09. The fourth-order valence-corrected chi connectivity index (χ4v) is 2.29. The van der Waals surface area contributed by atoms with Gasteiger partial charge in [0.25, 0.3) is 5.91 Å². The molecular weight excluding hydrogens is 330 g/mol. The second kappa shape index (κ2) is 8.36. The Balaban J connectivity index is 2.08. The lowest BCUT2D eigenvalue weighted by Crippen LogP contribution is -2.12. The Kier molecular flexibility index (Phi) is 6.21. The van der Waals surface area contributed by atoms with Gasteiger partial charge >= 0.3 is 5.97 Å². The molecule has 2 N–H and O–H groups in total. The van der Waals surface area contributed by atoms with Crippen LogP contribution in [0.4, 0.5) is 5.69 Å². The van der Waals surface area contributed by atoms with Gasteiger partial charge in [0.1, 0.15) is 5.75 Å². The number of ether oxygens (including phenoxy) is 1. The van der Waals surface area contributed by atoms with Crippen LogP contribution >= 0.6 is 11.6 Å². The van der Waals surface area contributed by atoms with E-state index in [4.69, 9.17) is 21.4 Å². The van der Waals surface area contributed by atoms with Crippen molar-refractivity contribution in [2.45, 2.75) is 19.8 Å². The van der Waals surface area contributed by atoms with Crippen molar-refractivity contribution in [2.75, 3.05) is 11.9 Å². The number of unbranched alkanes of at least 4 members (excludes halogenated alkanes) is 1. The van der Waals surface area contributed by atoms with Crippen LogP contribution in [0.2, 0.25) is 5.02 Å². The van der Waals surface area contributed by atoms with E-state index in [1.165, 1.54) is 18.2 Å². The van der Waals surface area contributed by atoms with E-state index in [0.29, 0.717) is 23.6 Å². The molecule has 0 unspecified atom stereocenters. The molecule has 0 radical (unpaired) electrons. The molecule has 0 heterocycles. The smallest absolute Gasteiger partial charge is 0.337 e. The molecule has 2 aromatic carbocycles. The predicted octanol–water partition coefficient (Wildman–Crippen LogP) is 4.47. The topological polar surface area (TPSA) is 75.6 Å². The molecule has 0 saturated carbocycles. The van der Waals surface area contributed by atoms with Crippen molar-refractivity contribution in [2.24, 2.45) is 0 Å². The van der Waals surface area contributed by atoms with Gasteiger partial charge in [0, 0.05) is 11.3 Å². The Morgan fingerprint density at radius 2 is 2.00 bits per heavy atom. The van der Waals surface area contributed by atoms with Gasteiger partial charge in [-0.05, 0) is 42.8 Å². The summed E-state index contributed by atoms with van der Waals surface area (Å²) in [7, 11) is 0. The molecule has 0 atom stereocenters. The minimum Gasteiger partial charge on any atom is -0.494 e. The van der Waals surface area contributed by atoms with Crippen LogP contribution in [0.3, 0.4) is 0 Å². The highest BCUT2D eigenvalue weighted by molar-refractivity contribution is 6.33. The average molecular weight is 348 g/mol. The highest BCUT2D eigenvalue weighted by atomic mass is 35.5. The number of hydrogen-bond donors (Lipinski definition) is 2. The van der Waals surface area contributed by atoms with Crippen LogP contribution in [-0.4, -0.2) is 23.6 Å². The fourth-order valence-electron chi connectivity index (χ4n) is 2.03. The van der Waals surface area contributed by atoms with Crippen molar-refractivity contribution in [3.8, 4) is 5.75 Å². The van der Waals surface area contributed by atoms with E-state index in [1.54, 1.807) is 24.3 Å². The summed E-state index contributed by atoms with van der Waals surface area (Å²) in [6.45, 7) is 2.68. The normalized spacial score (nSPS) is 10.2. The Bertz CT molecular complexity index is 746. The summed E-state index contributed by atoms with van der Waals surface area (Å²) in [5.74, 6) is -0.805. The molecule has 5 nitrogen and oxygen atoms in total. The van der Waals surface area contributed by atoms with Gasteiger partial charge in [0.05, 0.1) is 17.2 Å². The molecule has 0 aliphatic rings. The van der Waals surface area contributed by atoms with Gasteiger partial charge in [-0.25, -0.2) is 4.79 Å². The maximum absolute atomic E-state index is 12.3. The van der Waals surface area contributed by atoms with Crippen LogP contribution in [0.5, 0.6) is 5.75 Å². The van der Waals surface area contributed by atoms with E-state index in [2.05, 4.69) is 12.2 Å². The summed E-state index contributed by atoms with van der Waals surface area (Å²) in [6, 6.07) is 11.1. The summed E-state index contributed by atoms with van der Waals surface area (Å²) in [6.07, 6.45) is 1.98. The third kappa shape index (κ3) is 4.73. The first-order chi connectivity index (χ1) is 11.5. The molecule has 0 aliphatic carbocycles. The molecule has 0 spiro atoms. The first kappa shape index (κ1) is 17.8. The van der Waals surface area contributed by atoms with Gasteiger partial charge in [0.15, 0.2) is 0 Å². The average Bonchev–Trinajstić information content (AvgIpc) is 2.55. The number of hydrogen-bond acceptors (Lipinski definition) is 3. The van der Waals surface area contributed by atoms with E-state index in [-0.39, 0.29) is 16.5 Å². The minimum absolute atomic E-state index is 0.0130. The van der Waals surface area contributed by atoms with Crippen LogP contribution < -0.4 is 10.1 Å². The number of carbonyl (C=O) groups excluding carboxylic acids is 1. The highest BCUT2D eigenvalue weighted by Gasteiger charge is 2.11. The number of carboxylic acids is 1. The second-order valence-corrected chi connectivity index (χ2v) is 5.59. The molecule has 24 heavy (non-hydrogen) atoms. The summed E-state index contributed by atoms with van der Waals surface area (Å²) >= 11 is 5.90. The number of halogens is 1. The molecule has 2 rings (SSSR count). The lowest BCUT2D eigenvalue weighted by atomic mass is 10.1. The van der Waals surface area contributed by atoms with Crippen molar-refractivity contribution in [3.63, 3.8) is 0 Å². The summed E-state index contributed by atoms with van der Waals surface area (Å²) in [5, 5.41) is 11.7. The zero-order chi connectivity index (χ0) is 17.5. The molecular formula is C18H18ClNO4. The monoisotopic (exact) mass is 347 g/mol. The van der Waals surface area contributed by atoms with E-state index < -0.39 is 5.97 Å². The van der Waals surface area contributed by atoms with Gasteiger partial charge in [-0.15, -0.1) is 0 Å². The summed E-state index contributed by atoms with van der Waals surface area (Å²) < 4.78 is 5.58. The summed E-state index contributed by atoms with van der Waals surface area (Å²) in [4.78, 5) is 23.2. The highest BCUT2D eigenvalue weighted by Crippen LogP contribution is 2.22. The van der Waals surface area contributed by atoms with Gasteiger partial charge in [0.2, 0.25) is 0 Å². The zero-order valence-electron chi connectivity index (χ0n) is 13.2. The molecule has 0 fully saturated rings. The number of anilines is 1. The number of amides is 1. The standard InChI is InChI=1S/C18H18ClNO4/c1-2-3-9-24-14-6-4-5-12(10-14)17(21)20-13-7-8-15(18(22)23)16(19)11-13/h4-8,10-11H,2-3,9H2,1H3,(H,20,21)(H,22,23). The van der Waals surface area contributed by atoms with E-state index in [1.807, 2.05) is 0 Å². The molecule has 6 heteroatoms. The van der Waals surface area contributed by atoms with Crippen molar-refractivity contribution in [1.29, 1.82) is 0 Å². The number of nitrogens with one attached hydrogen (secondary N) is 1. The van der Waals surface area contributed by atoms with E-state index >= 15 is 0 Å².